The van der Waals surface area contributed by atoms with Crippen LogP contribution in [-0.4, -0.2) is 29.8 Å². The van der Waals surface area contributed by atoms with Crippen molar-refractivity contribution in [2.45, 2.75) is 0 Å². The third-order valence-electron chi connectivity index (χ3n) is 5.32. The minimum Gasteiger partial charge on any atom is -0.355 e. The van der Waals surface area contributed by atoms with E-state index in [0.29, 0.717) is 0 Å². The van der Waals surface area contributed by atoms with Crippen LogP contribution in [0, 0.1) is 20.2 Å². The molecule has 36 heavy (non-hydrogen) atoms. The van der Waals surface area contributed by atoms with Gasteiger partial charge in [-0.25, -0.2) is 9.97 Å². The Labute approximate surface area is 203 Å². The summed E-state index contributed by atoms with van der Waals surface area (Å²) in [7, 11) is 0. The van der Waals surface area contributed by atoms with Gasteiger partial charge in [0.05, 0.1) is 32.6 Å². The maximum absolute atomic E-state index is 10.2. The van der Waals surface area contributed by atoms with Gasteiger partial charge in [-0.1, -0.05) is 12.1 Å². The first kappa shape index (κ1) is 22.4. The molecule has 10 heteroatoms. The van der Waals surface area contributed by atoms with E-state index in [4.69, 9.17) is 0 Å². The first-order valence-corrected chi connectivity index (χ1v) is 10.9. The van der Waals surface area contributed by atoms with Crippen LogP contribution in [0.2, 0.25) is 0 Å². The van der Waals surface area contributed by atoms with Gasteiger partial charge in [0, 0.05) is 34.2 Å². The van der Waals surface area contributed by atoms with E-state index in [-0.39, 0.29) is 0 Å². The second-order valence-corrected chi connectivity index (χ2v) is 7.91. The summed E-state index contributed by atoms with van der Waals surface area (Å²) < 4.78 is 0. The monoisotopic (exact) mass is 478 g/mol. The van der Waals surface area contributed by atoms with Gasteiger partial charge in [-0.05, 0) is 72.8 Å². The topological polar surface area (TPSA) is 144 Å². The van der Waals surface area contributed by atoms with Gasteiger partial charge in [0.15, 0.2) is 0 Å². The fourth-order valence-electron chi connectivity index (χ4n) is 3.72. The molecule has 0 amide bonds. The molecule has 1 aromatic carbocycles. The van der Waals surface area contributed by atoms with Crippen LogP contribution in [0.4, 0.5) is 11.4 Å². The standard InChI is InChI=1S/C20H14N4.C6H4N2O4/c1-2-14-10-16-5-6-18(23-16)12-20-8-7-19(24-20)11-17-4-3-15(22-17)9-13(1)21-14;9-7(10)5-3-1-2-4-6(5)8(11)12/h1-12,21-22H;1-4H. The fourth-order valence-corrected chi connectivity index (χ4v) is 3.72. The highest BCUT2D eigenvalue weighted by atomic mass is 16.6. The molecule has 10 nitrogen and oxygen atoms in total. The highest BCUT2D eigenvalue weighted by molar-refractivity contribution is 5.77. The van der Waals surface area contributed by atoms with Crippen LogP contribution < -0.4 is 0 Å². The molecule has 0 radical (unpaired) electrons. The van der Waals surface area contributed by atoms with E-state index in [9.17, 15) is 20.2 Å². The van der Waals surface area contributed by atoms with Crippen LogP contribution in [-0.2, 0) is 0 Å². The Balaban J connectivity index is 0.000000189. The molecule has 0 aliphatic carbocycles. The van der Waals surface area contributed by atoms with E-state index in [2.05, 4.69) is 50.3 Å². The van der Waals surface area contributed by atoms with Crippen molar-refractivity contribution in [2.24, 2.45) is 0 Å². The predicted octanol–water partition coefficient (Wildman–Crippen LogP) is 6.16. The van der Waals surface area contributed by atoms with Crippen molar-refractivity contribution in [2.75, 3.05) is 0 Å². The summed E-state index contributed by atoms with van der Waals surface area (Å²) >= 11 is 0. The Morgan fingerprint density at radius 2 is 0.889 bits per heavy atom. The number of hydrogen-bond donors (Lipinski definition) is 2. The van der Waals surface area contributed by atoms with E-state index in [1.165, 1.54) is 12.1 Å². The van der Waals surface area contributed by atoms with Gasteiger partial charge in [-0.15, -0.1) is 0 Å². The molecule has 0 atom stereocenters. The summed E-state index contributed by atoms with van der Waals surface area (Å²) in [4.78, 5) is 34.9. The molecule has 0 spiro atoms. The maximum Gasteiger partial charge on any atom is 0.346 e. The lowest BCUT2D eigenvalue weighted by atomic mass is 10.3. The molecule has 3 aromatic heterocycles. The maximum atomic E-state index is 10.2. The third-order valence-corrected chi connectivity index (χ3v) is 5.32. The second-order valence-electron chi connectivity index (χ2n) is 7.91. The Morgan fingerprint density at radius 1 is 0.528 bits per heavy atom. The highest BCUT2D eigenvalue weighted by Gasteiger charge is 2.21. The van der Waals surface area contributed by atoms with E-state index < -0.39 is 21.2 Å². The van der Waals surface area contributed by atoms with E-state index >= 15 is 0 Å². The minimum absolute atomic E-state index is 0.484. The molecule has 2 aliphatic rings. The number of rotatable bonds is 2. The largest absolute Gasteiger partial charge is 0.355 e. The highest BCUT2D eigenvalue weighted by Crippen LogP contribution is 2.24. The van der Waals surface area contributed by atoms with Crippen LogP contribution in [0.3, 0.4) is 0 Å². The number of aromatic amines is 2. The molecule has 0 unspecified atom stereocenters. The summed E-state index contributed by atoms with van der Waals surface area (Å²) in [6.45, 7) is 0. The number of para-hydroxylation sites is 2. The van der Waals surface area contributed by atoms with Crippen molar-refractivity contribution < 1.29 is 9.85 Å². The summed E-state index contributed by atoms with van der Waals surface area (Å²) in [6, 6.07) is 21.4. The molecule has 6 rings (SSSR count). The van der Waals surface area contributed by atoms with Crippen molar-refractivity contribution in [1.29, 1.82) is 0 Å². The lowest BCUT2D eigenvalue weighted by Crippen LogP contribution is -1.95. The van der Waals surface area contributed by atoms with Crippen molar-refractivity contribution in [3.8, 4) is 0 Å². The van der Waals surface area contributed by atoms with E-state index in [1.54, 1.807) is 0 Å². The molecule has 4 aromatic rings. The van der Waals surface area contributed by atoms with Gasteiger partial charge >= 0.3 is 11.4 Å². The first-order valence-electron chi connectivity index (χ1n) is 10.9. The SMILES string of the molecule is C1=Cc2cc3ccc(cc4ccc(cc5nc(cc1n2)C=C5)[nH]4)[nH]3.O=[N+]([O-])c1ccccc1[N+](=O)[O-]. The molecular weight excluding hydrogens is 460 g/mol. The molecule has 0 saturated heterocycles. The quantitative estimate of drug-likeness (QED) is 0.225. The minimum atomic E-state index is -0.780. The van der Waals surface area contributed by atoms with E-state index in [1.807, 2.05) is 42.5 Å². The zero-order valence-electron chi connectivity index (χ0n) is 18.7. The van der Waals surface area contributed by atoms with Crippen LogP contribution in [0.5, 0.6) is 0 Å². The number of hydrogen-bond acceptors (Lipinski definition) is 6. The number of nitro benzene ring substituents is 2. The van der Waals surface area contributed by atoms with Crippen molar-refractivity contribution in [1.82, 2.24) is 19.9 Å². The Hall–Kier alpha value is -5.38. The van der Waals surface area contributed by atoms with Crippen molar-refractivity contribution in [3.05, 3.63) is 116 Å². The summed E-state index contributed by atoms with van der Waals surface area (Å²) in [6.07, 6.45) is 8.05. The normalized spacial score (nSPS) is 11.6. The summed E-state index contributed by atoms with van der Waals surface area (Å²) in [5.41, 5.74) is 6.89. The number of nitro groups is 2. The smallest absolute Gasteiger partial charge is 0.346 e. The average molecular weight is 478 g/mol. The molecule has 0 saturated carbocycles. The van der Waals surface area contributed by atoms with Gasteiger partial charge < -0.3 is 9.97 Å². The molecule has 176 valence electrons. The van der Waals surface area contributed by atoms with Gasteiger partial charge in [0.25, 0.3) is 0 Å². The first-order chi connectivity index (χ1) is 17.4. The van der Waals surface area contributed by atoms with Crippen LogP contribution in [0.25, 0.3) is 46.4 Å². The zero-order valence-corrected chi connectivity index (χ0v) is 18.7. The number of fused-ring (bicyclic) bond motifs is 8. The lowest BCUT2D eigenvalue weighted by Gasteiger charge is -1.91. The Bertz CT molecular complexity index is 1590. The molecule has 2 aliphatic heterocycles. The number of nitrogens with one attached hydrogen (secondary N) is 2. The number of aromatic nitrogens is 4. The molecular formula is C26H18N6O4. The van der Waals surface area contributed by atoms with Gasteiger partial charge in [-0.2, -0.15) is 0 Å². The zero-order chi connectivity index (χ0) is 25.1. The molecule has 2 N–H and O–H groups in total. The van der Waals surface area contributed by atoms with Crippen molar-refractivity contribution in [3.63, 3.8) is 0 Å². The number of benzene rings is 1. The summed E-state index contributed by atoms with van der Waals surface area (Å²) in [5, 5.41) is 20.5. The predicted molar refractivity (Wildman–Crippen MR) is 139 cm³/mol. The number of H-pyrrole nitrogens is 2. The van der Waals surface area contributed by atoms with E-state index in [0.717, 1.165) is 57.0 Å². The van der Waals surface area contributed by atoms with Crippen molar-refractivity contribution >= 4 is 57.7 Å². The van der Waals surface area contributed by atoms with Gasteiger partial charge in [-0.3, -0.25) is 20.2 Å². The number of nitrogens with zero attached hydrogens (tertiary/aromatic N) is 4. The van der Waals surface area contributed by atoms with Crippen LogP contribution >= 0.6 is 0 Å². The second kappa shape index (κ2) is 9.47. The molecule has 8 bridgehead atoms. The lowest BCUT2D eigenvalue weighted by molar-refractivity contribution is -0.422. The fraction of sp³-hybridized carbons (Fsp3) is 0. The van der Waals surface area contributed by atoms with Crippen LogP contribution in [0.15, 0.2) is 72.8 Å². The Morgan fingerprint density at radius 3 is 1.28 bits per heavy atom. The van der Waals surface area contributed by atoms with Gasteiger partial charge in [0.2, 0.25) is 0 Å². The van der Waals surface area contributed by atoms with Gasteiger partial charge in [0.1, 0.15) is 0 Å². The van der Waals surface area contributed by atoms with Crippen LogP contribution in [0.1, 0.15) is 22.8 Å². The average Bonchev–Trinajstić information content (AvgIpc) is 3.66. The molecule has 5 heterocycles. The summed E-state index contributed by atoms with van der Waals surface area (Å²) in [5.74, 6) is 0. The third kappa shape index (κ3) is 5.07. The molecule has 0 fully saturated rings. The Kier molecular flexibility index (Phi) is 5.90.